The van der Waals surface area contributed by atoms with Gasteiger partial charge < -0.3 is 9.73 Å². The predicted octanol–water partition coefficient (Wildman–Crippen LogP) is 4.50. The van der Waals surface area contributed by atoms with Crippen LogP contribution in [0, 0.1) is 0 Å². The van der Waals surface area contributed by atoms with Crippen molar-refractivity contribution in [3.8, 4) is 0 Å². The third-order valence-electron chi connectivity index (χ3n) is 2.92. The molecule has 0 aliphatic heterocycles. The molecule has 1 aromatic carbocycles. The molecule has 0 amide bonds. The van der Waals surface area contributed by atoms with Gasteiger partial charge in [0.1, 0.15) is 10.8 Å². The van der Waals surface area contributed by atoms with Gasteiger partial charge in [-0.25, -0.2) is 4.98 Å². The van der Waals surface area contributed by atoms with Crippen molar-refractivity contribution in [1.82, 2.24) is 10.3 Å². The van der Waals surface area contributed by atoms with E-state index < -0.39 is 0 Å². The van der Waals surface area contributed by atoms with Gasteiger partial charge in [0, 0.05) is 6.54 Å². The second-order valence-corrected chi connectivity index (χ2v) is 6.22. The Bertz CT molecular complexity index is 658. The van der Waals surface area contributed by atoms with Crippen molar-refractivity contribution in [2.24, 2.45) is 0 Å². The second kappa shape index (κ2) is 5.45. The van der Waals surface area contributed by atoms with Crippen LogP contribution in [-0.4, -0.2) is 4.98 Å². The Hall–Kier alpha value is -1.17. The molecule has 0 saturated heterocycles. The van der Waals surface area contributed by atoms with Crippen molar-refractivity contribution >= 4 is 37.5 Å². The first-order chi connectivity index (χ1) is 9.22. The Morgan fingerprint density at radius 2 is 2.16 bits per heavy atom. The predicted molar refractivity (Wildman–Crippen MR) is 81.3 cm³/mol. The Balaban J connectivity index is 1.68. The molecular weight excluding hydrogens is 324 g/mol. The second-order valence-electron chi connectivity index (χ2n) is 4.32. The number of nitrogens with zero attached hydrogens (tertiary/aromatic N) is 1. The minimum Gasteiger partial charge on any atom is -0.453 e. The maximum atomic E-state index is 5.53. The molecule has 3 aromatic rings. The Morgan fingerprint density at radius 3 is 2.89 bits per heavy atom. The number of nitrogens with one attached hydrogen (secondary N) is 1. The molecule has 0 aliphatic rings. The molecule has 1 atom stereocenters. The quantitative estimate of drug-likeness (QED) is 0.762. The van der Waals surface area contributed by atoms with Crippen molar-refractivity contribution in [2.75, 3.05) is 0 Å². The van der Waals surface area contributed by atoms with E-state index in [4.69, 9.17) is 4.42 Å². The lowest BCUT2D eigenvalue weighted by molar-refractivity contribution is 0.418. The monoisotopic (exact) mass is 336 g/mol. The van der Waals surface area contributed by atoms with Gasteiger partial charge in [-0.3, -0.25) is 0 Å². The van der Waals surface area contributed by atoms with Gasteiger partial charge in [0.25, 0.3) is 0 Å². The summed E-state index contributed by atoms with van der Waals surface area (Å²) in [5.74, 6) is 0.924. The first-order valence-corrected chi connectivity index (χ1v) is 7.66. The molecule has 0 fully saturated rings. The van der Waals surface area contributed by atoms with E-state index in [9.17, 15) is 0 Å². The van der Waals surface area contributed by atoms with Crippen LogP contribution in [-0.2, 0) is 6.54 Å². The van der Waals surface area contributed by atoms with Crippen LogP contribution in [0.15, 0.2) is 45.5 Å². The summed E-state index contributed by atoms with van der Waals surface area (Å²) < 4.78 is 7.52. The van der Waals surface area contributed by atoms with Crippen LogP contribution >= 0.6 is 27.3 Å². The van der Waals surface area contributed by atoms with Gasteiger partial charge in [0.05, 0.1) is 16.3 Å². The van der Waals surface area contributed by atoms with Crippen molar-refractivity contribution < 1.29 is 4.42 Å². The van der Waals surface area contributed by atoms with E-state index in [-0.39, 0.29) is 6.04 Å². The zero-order valence-electron chi connectivity index (χ0n) is 10.4. The van der Waals surface area contributed by atoms with Gasteiger partial charge in [-0.2, -0.15) is 0 Å². The van der Waals surface area contributed by atoms with Gasteiger partial charge >= 0.3 is 0 Å². The van der Waals surface area contributed by atoms with Gasteiger partial charge in [0.15, 0.2) is 4.67 Å². The minimum atomic E-state index is 0.165. The van der Waals surface area contributed by atoms with Crippen molar-refractivity contribution in [1.29, 1.82) is 0 Å². The Morgan fingerprint density at radius 1 is 1.32 bits per heavy atom. The molecule has 0 radical (unpaired) electrons. The molecule has 98 valence electrons. The lowest BCUT2D eigenvalue weighted by Gasteiger charge is -2.09. The van der Waals surface area contributed by atoms with E-state index in [1.54, 1.807) is 11.3 Å². The van der Waals surface area contributed by atoms with Crippen LogP contribution in [0.4, 0.5) is 0 Å². The highest BCUT2D eigenvalue weighted by Crippen LogP contribution is 2.23. The van der Waals surface area contributed by atoms with E-state index in [0.29, 0.717) is 0 Å². The average molecular weight is 337 g/mol. The van der Waals surface area contributed by atoms with E-state index in [2.05, 4.69) is 39.2 Å². The molecule has 0 spiro atoms. The fourth-order valence-electron chi connectivity index (χ4n) is 1.90. The number of hydrogen-bond donors (Lipinski definition) is 1. The summed E-state index contributed by atoms with van der Waals surface area (Å²) in [6.45, 7) is 2.83. The smallest absolute Gasteiger partial charge is 0.169 e. The van der Waals surface area contributed by atoms with Crippen LogP contribution in [0.5, 0.6) is 0 Å². The van der Waals surface area contributed by atoms with Gasteiger partial charge in [-0.05, 0) is 47.1 Å². The van der Waals surface area contributed by atoms with E-state index in [0.717, 1.165) is 27.5 Å². The molecule has 1 N–H and O–H groups in total. The van der Waals surface area contributed by atoms with Crippen LogP contribution in [0.3, 0.4) is 0 Å². The van der Waals surface area contributed by atoms with Crippen LogP contribution in [0.2, 0.25) is 0 Å². The summed E-state index contributed by atoms with van der Waals surface area (Å²) >= 11 is 5.04. The molecular formula is C14H13BrN2OS. The molecule has 0 saturated carbocycles. The Labute approximate surface area is 123 Å². The highest BCUT2D eigenvalue weighted by atomic mass is 79.9. The molecule has 3 nitrogen and oxygen atoms in total. The zero-order valence-corrected chi connectivity index (χ0v) is 12.8. The summed E-state index contributed by atoms with van der Waals surface area (Å²) in [5, 5.41) is 4.52. The topological polar surface area (TPSA) is 38.1 Å². The maximum absolute atomic E-state index is 5.53. The highest BCUT2D eigenvalue weighted by molar-refractivity contribution is 9.10. The summed E-state index contributed by atoms with van der Waals surface area (Å²) in [6.07, 6.45) is 0. The molecule has 0 bridgehead atoms. The molecule has 2 aromatic heterocycles. The molecule has 5 heteroatoms. The number of furan rings is 1. The lowest BCUT2D eigenvalue weighted by atomic mass is 10.2. The minimum absolute atomic E-state index is 0.165. The molecule has 0 aliphatic carbocycles. The lowest BCUT2D eigenvalue weighted by Crippen LogP contribution is -2.17. The fourth-order valence-corrected chi connectivity index (χ4v) is 3.13. The maximum Gasteiger partial charge on any atom is 0.169 e. The van der Waals surface area contributed by atoms with Gasteiger partial charge in [0.2, 0.25) is 0 Å². The van der Waals surface area contributed by atoms with Crippen molar-refractivity contribution in [3.63, 3.8) is 0 Å². The standard InChI is InChI=1S/C14H13BrN2OS/c1-9(11-6-7-13(15)18-11)16-8-14-17-10-4-2-3-5-12(10)19-14/h2-7,9,16H,8H2,1H3. The van der Waals surface area contributed by atoms with Crippen LogP contribution in [0.1, 0.15) is 23.7 Å². The number of hydrogen-bond acceptors (Lipinski definition) is 4. The summed E-state index contributed by atoms with van der Waals surface area (Å²) in [5.41, 5.74) is 1.07. The number of halogens is 1. The van der Waals surface area contributed by atoms with E-state index in [1.165, 1.54) is 4.70 Å². The first-order valence-electron chi connectivity index (χ1n) is 6.05. The number of para-hydroxylation sites is 1. The van der Waals surface area contributed by atoms with Crippen LogP contribution < -0.4 is 5.32 Å². The number of fused-ring (bicyclic) bond motifs is 1. The summed E-state index contributed by atoms with van der Waals surface area (Å²) in [6, 6.07) is 12.2. The number of rotatable bonds is 4. The number of benzene rings is 1. The number of thiazole rings is 1. The normalized spacial score (nSPS) is 12.9. The third kappa shape index (κ3) is 2.88. The molecule has 19 heavy (non-hydrogen) atoms. The third-order valence-corrected chi connectivity index (χ3v) is 4.38. The Kier molecular flexibility index (Phi) is 3.68. The van der Waals surface area contributed by atoms with Crippen molar-refractivity contribution in [3.05, 3.63) is 51.8 Å². The van der Waals surface area contributed by atoms with Crippen molar-refractivity contribution in [2.45, 2.75) is 19.5 Å². The van der Waals surface area contributed by atoms with E-state index >= 15 is 0 Å². The molecule has 1 unspecified atom stereocenters. The molecule has 2 heterocycles. The highest BCUT2D eigenvalue weighted by Gasteiger charge is 2.10. The number of aromatic nitrogens is 1. The first kappa shape index (κ1) is 12.8. The zero-order chi connectivity index (χ0) is 13.2. The van der Waals surface area contributed by atoms with E-state index in [1.807, 2.05) is 30.3 Å². The summed E-state index contributed by atoms with van der Waals surface area (Å²) in [4.78, 5) is 4.60. The van der Waals surface area contributed by atoms with Crippen LogP contribution in [0.25, 0.3) is 10.2 Å². The van der Waals surface area contributed by atoms with Gasteiger partial charge in [-0.1, -0.05) is 12.1 Å². The van der Waals surface area contributed by atoms with Gasteiger partial charge in [-0.15, -0.1) is 11.3 Å². The summed E-state index contributed by atoms with van der Waals surface area (Å²) in [7, 11) is 0. The largest absolute Gasteiger partial charge is 0.453 e. The average Bonchev–Trinajstić information content (AvgIpc) is 3.01. The fraction of sp³-hybridized carbons (Fsp3) is 0.214. The SMILES string of the molecule is CC(NCc1nc2ccccc2s1)c1ccc(Br)o1. The molecule has 3 rings (SSSR count).